The number of esters is 2. The van der Waals surface area contributed by atoms with Crippen molar-refractivity contribution in [1.29, 1.82) is 0 Å². The number of hydrogen-bond acceptors (Lipinski definition) is 4. The third kappa shape index (κ3) is 4.79. The summed E-state index contributed by atoms with van der Waals surface area (Å²) in [6.45, 7) is 3.28. The summed E-state index contributed by atoms with van der Waals surface area (Å²) in [5.41, 5.74) is 0.459. The molecule has 0 aliphatic rings. The lowest BCUT2D eigenvalue weighted by molar-refractivity contribution is -0.136. The Morgan fingerprint density at radius 3 is 2.59 bits per heavy atom. The maximum atomic E-state index is 11.4. The molecule has 1 aromatic carbocycles. The van der Waals surface area contributed by atoms with Gasteiger partial charge in [0.2, 0.25) is 0 Å². The third-order valence-corrected chi connectivity index (χ3v) is 1.77. The smallest absolute Gasteiger partial charge is 0.342 e. The predicted octanol–water partition coefficient (Wildman–Crippen LogP) is 2.09. The lowest BCUT2D eigenvalue weighted by Gasteiger charge is -1.98. The van der Waals surface area contributed by atoms with Crippen LogP contribution in [-0.4, -0.2) is 18.5 Å². The highest BCUT2D eigenvalue weighted by atomic mass is 16.5. The first-order valence-electron chi connectivity index (χ1n) is 4.94. The van der Waals surface area contributed by atoms with E-state index in [0.29, 0.717) is 5.56 Å². The van der Waals surface area contributed by atoms with E-state index in [2.05, 4.69) is 11.3 Å². The molecular weight excluding hydrogens is 220 g/mol. The number of benzene rings is 1. The van der Waals surface area contributed by atoms with Gasteiger partial charge in [0, 0.05) is 6.08 Å². The van der Waals surface area contributed by atoms with Crippen LogP contribution in [0.25, 0.3) is 0 Å². The molecule has 0 aliphatic heterocycles. The van der Waals surface area contributed by atoms with Crippen molar-refractivity contribution in [3.05, 3.63) is 60.9 Å². The molecule has 0 bridgehead atoms. The highest BCUT2D eigenvalue weighted by Gasteiger charge is 2.02. The molecule has 0 aliphatic carbocycles. The van der Waals surface area contributed by atoms with E-state index >= 15 is 0 Å². The highest BCUT2D eigenvalue weighted by Crippen LogP contribution is 2.01. The molecule has 1 aromatic rings. The zero-order valence-electron chi connectivity index (χ0n) is 9.17. The molecule has 0 saturated carbocycles. The molecule has 0 unspecified atom stereocenters. The van der Waals surface area contributed by atoms with Gasteiger partial charge in [0.1, 0.15) is 6.61 Å². The summed E-state index contributed by atoms with van der Waals surface area (Å²) in [6.07, 6.45) is 3.66. The van der Waals surface area contributed by atoms with E-state index < -0.39 is 11.9 Å². The normalized spacial score (nSPS) is 9.88. The van der Waals surface area contributed by atoms with E-state index in [-0.39, 0.29) is 6.61 Å². The van der Waals surface area contributed by atoms with Crippen LogP contribution < -0.4 is 0 Å². The van der Waals surface area contributed by atoms with Crippen molar-refractivity contribution in [1.82, 2.24) is 0 Å². The largest absolute Gasteiger partial charge is 0.458 e. The third-order valence-electron chi connectivity index (χ3n) is 1.77. The van der Waals surface area contributed by atoms with Crippen molar-refractivity contribution in [3.8, 4) is 0 Å². The molecular formula is C13H12O4. The van der Waals surface area contributed by atoms with E-state index in [1.165, 1.54) is 12.3 Å². The van der Waals surface area contributed by atoms with Crippen LogP contribution in [0.2, 0.25) is 0 Å². The molecule has 0 radical (unpaired) electrons. The zero-order valence-corrected chi connectivity index (χ0v) is 9.17. The number of carbonyl (C=O) groups is 2. The summed E-state index contributed by atoms with van der Waals surface area (Å²) in [4.78, 5) is 22.0. The molecule has 17 heavy (non-hydrogen) atoms. The highest BCUT2D eigenvalue weighted by molar-refractivity contribution is 5.89. The number of hydrogen-bond donors (Lipinski definition) is 0. The molecule has 1 rings (SSSR count). The van der Waals surface area contributed by atoms with Crippen molar-refractivity contribution >= 4 is 11.9 Å². The van der Waals surface area contributed by atoms with Crippen LogP contribution in [0.15, 0.2) is 55.3 Å². The molecule has 0 saturated heterocycles. The second-order valence-corrected chi connectivity index (χ2v) is 2.98. The Morgan fingerprint density at radius 2 is 1.94 bits per heavy atom. The topological polar surface area (TPSA) is 52.6 Å². The van der Waals surface area contributed by atoms with Gasteiger partial charge in [-0.3, -0.25) is 0 Å². The van der Waals surface area contributed by atoms with E-state index in [4.69, 9.17) is 4.74 Å². The standard InChI is InChI=1S/C13H12O4/c1-2-12(14)16-9-6-10-17-13(15)11-7-4-3-5-8-11/h2-8,10H,1,9H2. The molecule has 0 atom stereocenters. The monoisotopic (exact) mass is 232 g/mol. The van der Waals surface area contributed by atoms with E-state index in [1.807, 2.05) is 0 Å². The maximum absolute atomic E-state index is 11.4. The van der Waals surface area contributed by atoms with Crippen LogP contribution in [0.3, 0.4) is 0 Å². The van der Waals surface area contributed by atoms with Gasteiger partial charge >= 0.3 is 11.9 Å². The summed E-state index contributed by atoms with van der Waals surface area (Å²) in [5, 5.41) is 0. The van der Waals surface area contributed by atoms with Gasteiger partial charge in [0.05, 0.1) is 11.8 Å². The van der Waals surface area contributed by atoms with Crippen LogP contribution >= 0.6 is 0 Å². The van der Waals surface area contributed by atoms with Crippen LogP contribution in [0.1, 0.15) is 10.4 Å². The summed E-state index contributed by atoms with van der Waals surface area (Å²) in [6, 6.07) is 8.58. The van der Waals surface area contributed by atoms with Crippen LogP contribution in [0, 0.1) is 0 Å². The minimum Gasteiger partial charge on any atom is -0.458 e. The number of carbonyl (C=O) groups excluding carboxylic acids is 2. The summed E-state index contributed by atoms with van der Waals surface area (Å²) < 4.78 is 9.45. The number of rotatable bonds is 5. The van der Waals surface area contributed by atoms with Gasteiger partial charge in [0.25, 0.3) is 0 Å². The number of ether oxygens (including phenoxy) is 2. The fourth-order valence-corrected chi connectivity index (χ4v) is 0.981. The Balaban J connectivity index is 2.31. The minimum atomic E-state index is -0.524. The van der Waals surface area contributed by atoms with Gasteiger partial charge in [-0.2, -0.15) is 0 Å². The van der Waals surface area contributed by atoms with E-state index in [9.17, 15) is 9.59 Å². The average Bonchev–Trinajstić information content (AvgIpc) is 2.38. The van der Waals surface area contributed by atoms with Crippen molar-refractivity contribution < 1.29 is 19.1 Å². The first-order chi connectivity index (χ1) is 8.24. The molecule has 0 spiro atoms. The first kappa shape index (κ1) is 12.7. The second-order valence-electron chi connectivity index (χ2n) is 2.98. The minimum absolute atomic E-state index is 0.0346. The fourth-order valence-electron chi connectivity index (χ4n) is 0.981. The lowest BCUT2D eigenvalue weighted by Crippen LogP contribution is -2.01. The van der Waals surface area contributed by atoms with Crippen molar-refractivity contribution in [3.63, 3.8) is 0 Å². The summed E-state index contributed by atoms with van der Waals surface area (Å²) in [5.74, 6) is -0.985. The Kier molecular flexibility index (Phi) is 5.24. The molecule has 0 amide bonds. The molecule has 4 heteroatoms. The van der Waals surface area contributed by atoms with Crippen molar-refractivity contribution in [2.24, 2.45) is 0 Å². The van der Waals surface area contributed by atoms with E-state index in [1.54, 1.807) is 30.3 Å². The molecule has 4 nitrogen and oxygen atoms in total. The van der Waals surface area contributed by atoms with Gasteiger partial charge < -0.3 is 9.47 Å². The maximum Gasteiger partial charge on any atom is 0.342 e. The van der Waals surface area contributed by atoms with Crippen molar-refractivity contribution in [2.45, 2.75) is 0 Å². The molecule has 88 valence electrons. The van der Waals surface area contributed by atoms with Gasteiger partial charge in [-0.15, -0.1) is 0 Å². The van der Waals surface area contributed by atoms with Crippen LogP contribution in [-0.2, 0) is 14.3 Å². The van der Waals surface area contributed by atoms with Gasteiger partial charge in [-0.25, -0.2) is 9.59 Å². The Hall–Kier alpha value is -2.36. The quantitative estimate of drug-likeness (QED) is 0.443. The summed E-state index contributed by atoms with van der Waals surface area (Å²) in [7, 11) is 0. The van der Waals surface area contributed by atoms with Gasteiger partial charge in [-0.1, -0.05) is 24.8 Å². The van der Waals surface area contributed by atoms with E-state index in [0.717, 1.165) is 6.08 Å². The zero-order chi connectivity index (χ0) is 12.5. The Bertz CT molecular complexity index is 420. The predicted molar refractivity (Wildman–Crippen MR) is 62.2 cm³/mol. The molecule has 0 N–H and O–H groups in total. The Labute approximate surface area is 99.2 Å². The molecule has 0 heterocycles. The molecule has 0 fully saturated rings. The fraction of sp³-hybridized carbons (Fsp3) is 0.0769. The van der Waals surface area contributed by atoms with Crippen LogP contribution in [0.5, 0.6) is 0 Å². The van der Waals surface area contributed by atoms with Crippen LogP contribution in [0.4, 0.5) is 0 Å². The SMILES string of the molecule is C=CC(=O)OCC=COC(=O)c1ccccc1. The summed E-state index contributed by atoms with van der Waals surface area (Å²) >= 11 is 0. The Morgan fingerprint density at radius 1 is 1.24 bits per heavy atom. The second kappa shape index (κ2) is 7.00. The molecule has 0 aromatic heterocycles. The lowest BCUT2D eigenvalue weighted by atomic mass is 10.2. The van der Waals surface area contributed by atoms with Gasteiger partial charge in [-0.05, 0) is 18.2 Å². The first-order valence-corrected chi connectivity index (χ1v) is 4.94. The van der Waals surface area contributed by atoms with Gasteiger partial charge in [0.15, 0.2) is 0 Å². The van der Waals surface area contributed by atoms with Crippen molar-refractivity contribution in [2.75, 3.05) is 6.61 Å². The average molecular weight is 232 g/mol.